The number of guanidine groups is 1. The van der Waals surface area contributed by atoms with E-state index < -0.39 is 72.2 Å². The highest BCUT2D eigenvalue weighted by Gasteiger charge is 2.30. The second-order valence-corrected chi connectivity index (χ2v) is 8.09. The first-order valence-corrected chi connectivity index (χ1v) is 11.2. The van der Waals surface area contributed by atoms with E-state index in [2.05, 4.69) is 26.3 Å². The summed E-state index contributed by atoms with van der Waals surface area (Å²) in [6.45, 7) is 4.30. The summed E-state index contributed by atoms with van der Waals surface area (Å²) in [5, 5.41) is 28.9. The van der Waals surface area contributed by atoms with Crippen LogP contribution < -0.4 is 38.1 Å². The molecule has 0 bridgehead atoms. The molecule has 36 heavy (non-hydrogen) atoms. The van der Waals surface area contributed by atoms with Crippen LogP contribution in [0.1, 0.15) is 40.0 Å². The molecule has 0 fully saturated rings. The van der Waals surface area contributed by atoms with Crippen molar-refractivity contribution in [2.24, 2.45) is 16.5 Å². The molecule has 16 heteroatoms. The van der Waals surface area contributed by atoms with Crippen molar-refractivity contribution >= 4 is 41.5 Å². The Hall–Kier alpha value is -3.95. The van der Waals surface area contributed by atoms with Crippen LogP contribution >= 0.6 is 0 Å². The molecule has 4 amide bonds. The minimum absolute atomic E-state index is 0.128. The van der Waals surface area contributed by atoms with Gasteiger partial charge in [-0.15, -0.1) is 0 Å². The first kappa shape index (κ1) is 32.0. The number of aliphatic carboxylic acids is 2. The number of hydrogen-bond donors (Lipinski definition) is 9. The van der Waals surface area contributed by atoms with Gasteiger partial charge in [-0.2, -0.15) is 0 Å². The lowest BCUT2D eigenvalue weighted by Gasteiger charge is -2.23. The van der Waals surface area contributed by atoms with Crippen LogP contribution in [-0.2, 0) is 28.8 Å². The summed E-state index contributed by atoms with van der Waals surface area (Å²) in [6.07, 6.45) is -0.334. The Bertz CT molecular complexity index is 846. The van der Waals surface area contributed by atoms with Crippen LogP contribution in [-0.4, -0.2) is 95.5 Å². The molecular formula is C20H37N8O8+. The van der Waals surface area contributed by atoms with E-state index in [-0.39, 0.29) is 18.9 Å². The molecule has 5 atom stereocenters. The monoisotopic (exact) mass is 517 g/mol. The zero-order valence-electron chi connectivity index (χ0n) is 20.7. The van der Waals surface area contributed by atoms with Crippen molar-refractivity contribution in [3.63, 3.8) is 0 Å². The molecule has 0 radical (unpaired) electrons. The summed E-state index contributed by atoms with van der Waals surface area (Å²) in [6, 6.07) is -5.66. The molecule has 204 valence electrons. The maximum Gasteiger partial charge on any atom is 0.325 e. The van der Waals surface area contributed by atoms with Gasteiger partial charge in [0.2, 0.25) is 17.7 Å². The average Bonchev–Trinajstić information content (AvgIpc) is 2.78. The highest BCUT2D eigenvalue weighted by atomic mass is 16.4. The number of rotatable bonds is 16. The van der Waals surface area contributed by atoms with Crippen LogP contribution in [0.15, 0.2) is 4.99 Å². The first-order valence-electron chi connectivity index (χ1n) is 11.2. The zero-order valence-corrected chi connectivity index (χ0v) is 20.7. The number of quaternary nitrogens is 1. The smallest absolute Gasteiger partial charge is 0.325 e. The molecule has 0 rings (SSSR count). The SMILES string of the molecule is C[NH2+]C(C)C(=O)NC(CCCN=C(N)N)C(=O)NC(C)C(=O)NC(CC(=O)O)C(=O)NC(C)C(=O)O. The van der Waals surface area contributed by atoms with Gasteiger partial charge in [-0.3, -0.25) is 33.8 Å². The van der Waals surface area contributed by atoms with Gasteiger partial charge in [-0.1, -0.05) is 0 Å². The van der Waals surface area contributed by atoms with Crippen LogP contribution in [0.2, 0.25) is 0 Å². The second kappa shape index (κ2) is 15.9. The third-order valence-corrected chi connectivity index (χ3v) is 4.98. The number of aliphatic imine (C=N–C) groups is 1. The van der Waals surface area contributed by atoms with E-state index in [4.69, 9.17) is 21.7 Å². The summed E-state index contributed by atoms with van der Waals surface area (Å²) >= 11 is 0. The summed E-state index contributed by atoms with van der Waals surface area (Å²) in [4.78, 5) is 75.8. The fourth-order valence-corrected chi connectivity index (χ4v) is 2.66. The number of nitrogens with two attached hydrogens (primary N) is 3. The highest BCUT2D eigenvalue weighted by Crippen LogP contribution is 2.02. The van der Waals surface area contributed by atoms with Gasteiger partial charge in [-0.25, -0.2) is 0 Å². The van der Waals surface area contributed by atoms with E-state index >= 15 is 0 Å². The number of nitrogens with zero attached hydrogens (tertiary/aromatic N) is 1. The lowest BCUT2D eigenvalue weighted by atomic mass is 10.1. The summed E-state index contributed by atoms with van der Waals surface area (Å²) in [7, 11) is 1.69. The maximum absolute atomic E-state index is 12.8. The molecule has 5 unspecified atom stereocenters. The fraction of sp³-hybridized carbons (Fsp3) is 0.650. The minimum Gasteiger partial charge on any atom is -0.481 e. The number of carbonyl (C=O) groups is 6. The number of nitrogens with one attached hydrogen (secondary N) is 4. The van der Waals surface area contributed by atoms with E-state index in [0.29, 0.717) is 6.42 Å². The standard InChI is InChI=1S/C20H36N8O8/c1-9(23-4)15(31)27-12(6-5-7-24-20(21)22)17(33)25-10(2)16(32)28-13(8-14(29)30)18(34)26-11(3)19(35)36/h9-13,23H,5-8H2,1-4H3,(H,25,33)(H,26,34)(H,27,31)(H,28,32)(H,29,30)(H,35,36)(H4,21,22,24)/p+1. The molecule has 12 N–H and O–H groups in total. The topological polar surface area (TPSA) is 272 Å². The summed E-state index contributed by atoms with van der Waals surface area (Å²) < 4.78 is 0. The normalized spacial score (nSPS) is 14.7. The number of amides is 4. The average molecular weight is 518 g/mol. The molecule has 0 aromatic carbocycles. The zero-order chi connectivity index (χ0) is 28.0. The minimum atomic E-state index is -1.59. The van der Waals surface area contributed by atoms with Gasteiger partial charge >= 0.3 is 11.9 Å². The van der Waals surface area contributed by atoms with Gasteiger partial charge in [0.15, 0.2) is 12.0 Å². The molecule has 0 aromatic heterocycles. The van der Waals surface area contributed by atoms with E-state index in [1.165, 1.54) is 13.8 Å². The molecule has 0 spiro atoms. The van der Waals surface area contributed by atoms with Crippen LogP contribution in [0, 0.1) is 0 Å². The van der Waals surface area contributed by atoms with Crippen LogP contribution in [0.25, 0.3) is 0 Å². The third kappa shape index (κ3) is 12.5. The van der Waals surface area contributed by atoms with E-state index in [0.717, 1.165) is 0 Å². The Morgan fingerprint density at radius 1 is 0.806 bits per heavy atom. The van der Waals surface area contributed by atoms with Crippen LogP contribution in [0.4, 0.5) is 0 Å². The van der Waals surface area contributed by atoms with E-state index in [1.807, 2.05) is 0 Å². The molecular weight excluding hydrogens is 480 g/mol. The molecule has 0 saturated heterocycles. The quantitative estimate of drug-likeness (QED) is 0.0535. The van der Waals surface area contributed by atoms with Crippen LogP contribution in [0.3, 0.4) is 0 Å². The van der Waals surface area contributed by atoms with Gasteiger partial charge in [0.05, 0.1) is 13.5 Å². The molecule has 0 aliphatic carbocycles. The predicted octanol–water partition coefficient (Wildman–Crippen LogP) is -4.84. The molecule has 0 aliphatic heterocycles. The largest absolute Gasteiger partial charge is 0.481 e. The number of carboxylic acids is 2. The van der Waals surface area contributed by atoms with Crippen LogP contribution in [0.5, 0.6) is 0 Å². The Labute approximate surface area is 208 Å². The van der Waals surface area contributed by atoms with E-state index in [1.54, 1.807) is 19.3 Å². The molecule has 0 aromatic rings. The lowest BCUT2D eigenvalue weighted by Crippen LogP contribution is -2.88. The Morgan fingerprint density at radius 2 is 1.33 bits per heavy atom. The van der Waals surface area contributed by atoms with Gasteiger partial charge in [0.25, 0.3) is 5.91 Å². The highest BCUT2D eigenvalue weighted by molar-refractivity contribution is 5.96. The first-order chi connectivity index (χ1) is 16.7. The number of hydrogen-bond acceptors (Lipinski definition) is 7. The van der Waals surface area contributed by atoms with Gasteiger partial charge in [0, 0.05) is 6.54 Å². The molecule has 0 saturated carbocycles. The van der Waals surface area contributed by atoms with Crippen molar-refractivity contribution in [2.45, 2.75) is 70.2 Å². The van der Waals surface area contributed by atoms with Crippen molar-refractivity contribution in [1.82, 2.24) is 21.3 Å². The Kier molecular flexibility index (Phi) is 14.1. The van der Waals surface area contributed by atoms with Crippen molar-refractivity contribution in [3.05, 3.63) is 0 Å². The van der Waals surface area contributed by atoms with Crippen molar-refractivity contribution in [3.8, 4) is 0 Å². The van der Waals surface area contributed by atoms with E-state index in [9.17, 15) is 28.8 Å². The van der Waals surface area contributed by atoms with Crippen molar-refractivity contribution in [1.29, 1.82) is 0 Å². The Balaban J connectivity index is 5.34. The second-order valence-electron chi connectivity index (χ2n) is 8.09. The molecule has 0 heterocycles. The summed E-state index contributed by atoms with van der Waals surface area (Å²) in [5.41, 5.74) is 10.6. The van der Waals surface area contributed by atoms with Gasteiger partial charge in [0.1, 0.15) is 24.2 Å². The molecule has 0 aliphatic rings. The Morgan fingerprint density at radius 3 is 1.83 bits per heavy atom. The summed E-state index contributed by atoms with van der Waals surface area (Å²) in [5.74, 6) is -5.92. The third-order valence-electron chi connectivity index (χ3n) is 4.98. The lowest BCUT2D eigenvalue weighted by molar-refractivity contribution is -0.646. The number of carbonyl (C=O) groups excluding carboxylic acids is 4. The van der Waals surface area contributed by atoms with Crippen molar-refractivity contribution < 1.29 is 44.3 Å². The predicted molar refractivity (Wildman–Crippen MR) is 126 cm³/mol. The van der Waals surface area contributed by atoms with Gasteiger partial charge in [-0.05, 0) is 33.6 Å². The number of carboxylic acid groups (broad SMARTS) is 2. The van der Waals surface area contributed by atoms with Crippen molar-refractivity contribution in [2.75, 3.05) is 13.6 Å². The number of likely N-dealkylation sites (N-methyl/N-ethyl adjacent to an activating group) is 1. The maximum atomic E-state index is 12.8. The van der Waals surface area contributed by atoms with Gasteiger partial charge < -0.3 is 48.3 Å². The fourth-order valence-electron chi connectivity index (χ4n) is 2.66. The molecule has 16 nitrogen and oxygen atoms in total.